The Morgan fingerprint density at radius 2 is 1.64 bits per heavy atom. The molecule has 5 nitrogen and oxygen atoms in total. The summed E-state index contributed by atoms with van der Waals surface area (Å²) in [4.78, 5) is 22.0. The van der Waals surface area contributed by atoms with Crippen LogP contribution in [0.3, 0.4) is 0 Å². The molecule has 5 heteroatoms. The number of pyridine rings is 1. The summed E-state index contributed by atoms with van der Waals surface area (Å²) in [7, 11) is 0. The second-order valence-electron chi connectivity index (χ2n) is 9.99. The molecule has 1 N–H and O–H groups in total. The smallest absolute Gasteiger partial charge is 0.336 e. The van der Waals surface area contributed by atoms with E-state index in [-0.39, 0.29) is 0 Å². The lowest BCUT2D eigenvalue weighted by Crippen LogP contribution is -2.07. The van der Waals surface area contributed by atoms with Crippen LogP contribution >= 0.6 is 0 Å². The summed E-state index contributed by atoms with van der Waals surface area (Å²) in [5, 5.41) is 12.3. The third-order valence-corrected chi connectivity index (χ3v) is 7.26. The number of imidazole rings is 1. The van der Waals surface area contributed by atoms with Crippen molar-refractivity contribution in [2.24, 2.45) is 0 Å². The number of carboxylic acid groups (broad SMARTS) is 1. The Morgan fingerprint density at radius 3 is 2.41 bits per heavy atom. The number of hydrogen-bond donors (Lipinski definition) is 1. The van der Waals surface area contributed by atoms with Gasteiger partial charge in [0.15, 0.2) is 0 Å². The van der Waals surface area contributed by atoms with Gasteiger partial charge in [0.2, 0.25) is 0 Å². The van der Waals surface area contributed by atoms with E-state index in [1.165, 1.54) is 0 Å². The van der Waals surface area contributed by atoms with E-state index in [0.717, 1.165) is 74.0 Å². The number of carboxylic acids is 1. The van der Waals surface area contributed by atoms with Crippen LogP contribution in [0.1, 0.15) is 40.7 Å². The molecule has 0 saturated heterocycles. The number of nitrogens with zero attached hydrogens (tertiary/aromatic N) is 3. The fourth-order valence-electron chi connectivity index (χ4n) is 5.34. The van der Waals surface area contributed by atoms with Gasteiger partial charge in [0.25, 0.3) is 0 Å². The van der Waals surface area contributed by atoms with Gasteiger partial charge in [-0.1, -0.05) is 73.7 Å². The number of aromatic carboxylic acids is 1. The number of hydrogen-bond acceptors (Lipinski definition) is 3. The van der Waals surface area contributed by atoms with Gasteiger partial charge in [-0.15, -0.1) is 0 Å². The van der Waals surface area contributed by atoms with Crippen LogP contribution in [0.4, 0.5) is 0 Å². The van der Waals surface area contributed by atoms with Crippen molar-refractivity contribution in [3.05, 3.63) is 120 Å². The molecule has 0 bridgehead atoms. The summed E-state index contributed by atoms with van der Waals surface area (Å²) in [6, 6.07) is 30.1. The van der Waals surface area contributed by atoms with Crippen molar-refractivity contribution in [2.75, 3.05) is 0 Å². The van der Waals surface area contributed by atoms with Crippen molar-refractivity contribution in [3.8, 4) is 22.4 Å². The molecule has 0 saturated carbocycles. The Hall–Kier alpha value is -4.77. The second kappa shape index (κ2) is 10.2. The number of fused-ring (bicyclic) bond motifs is 2. The maximum atomic E-state index is 12.2. The third-order valence-electron chi connectivity index (χ3n) is 7.26. The van der Waals surface area contributed by atoms with Gasteiger partial charge in [-0.3, -0.25) is 4.98 Å². The molecule has 0 atom stereocenters. The van der Waals surface area contributed by atoms with Crippen LogP contribution in [0.2, 0.25) is 0 Å². The fourth-order valence-corrected chi connectivity index (χ4v) is 5.34. The molecular weight excluding hydrogens is 482 g/mol. The molecule has 6 rings (SSSR count). The summed E-state index contributed by atoms with van der Waals surface area (Å²) in [5.74, 6) is 0.0729. The van der Waals surface area contributed by atoms with E-state index in [1.807, 2.05) is 60.8 Å². The van der Waals surface area contributed by atoms with Gasteiger partial charge in [-0.2, -0.15) is 0 Å². The van der Waals surface area contributed by atoms with Crippen molar-refractivity contribution >= 4 is 27.8 Å². The van der Waals surface area contributed by atoms with Gasteiger partial charge in [0, 0.05) is 30.1 Å². The van der Waals surface area contributed by atoms with Gasteiger partial charge in [-0.05, 0) is 65.3 Å². The number of aromatic nitrogens is 3. The van der Waals surface area contributed by atoms with E-state index in [9.17, 15) is 9.90 Å². The molecule has 0 aliphatic heterocycles. The molecule has 0 fully saturated rings. The van der Waals surface area contributed by atoms with E-state index >= 15 is 0 Å². The number of benzene rings is 4. The molecule has 2 aromatic heterocycles. The largest absolute Gasteiger partial charge is 0.478 e. The predicted octanol–water partition coefficient (Wildman–Crippen LogP) is 7.93. The van der Waals surface area contributed by atoms with E-state index < -0.39 is 5.97 Å². The first-order valence-electron chi connectivity index (χ1n) is 13.3. The van der Waals surface area contributed by atoms with Gasteiger partial charge >= 0.3 is 5.97 Å². The minimum absolute atomic E-state index is 0.303. The molecule has 2 heterocycles. The maximum Gasteiger partial charge on any atom is 0.336 e. The van der Waals surface area contributed by atoms with Crippen molar-refractivity contribution in [2.45, 2.75) is 33.2 Å². The Morgan fingerprint density at radius 1 is 0.872 bits per heavy atom. The Labute approximate surface area is 227 Å². The van der Waals surface area contributed by atoms with Gasteiger partial charge in [0.05, 0.1) is 22.3 Å². The predicted molar refractivity (Wildman–Crippen MR) is 157 cm³/mol. The van der Waals surface area contributed by atoms with Crippen LogP contribution in [-0.4, -0.2) is 25.6 Å². The highest BCUT2D eigenvalue weighted by molar-refractivity contribution is 5.96. The summed E-state index contributed by atoms with van der Waals surface area (Å²) in [6.45, 7) is 4.78. The summed E-state index contributed by atoms with van der Waals surface area (Å²) >= 11 is 0. The van der Waals surface area contributed by atoms with Crippen LogP contribution in [0.25, 0.3) is 44.2 Å². The first-order valence-corrected chi connectivity index (χ1v) is 13.3. The highest BCUT2D eigenvalue weighted by atomic mass is 16.4. The lowest BCUT2D eigenvalue weighted by molar-refractivity contribution is 0.0697. The molecule has 0 unspecified atom stereocenters. The maximum absolute atomic E-state index is 12.2. The molecule has 192 valence electrons. The molecule has 0 aliphatic rings. The van der Waals surface area contributed by atoms with Gasteiger partial charge in [0.1, 0.15) is 5.82 Å². The molecule has 4 aromatic carbocycles. The second-order valence-corrected chi connectivity index (χ2v) is 9.99. The Bertz CT molecular complexity index is 1840. The molecule has 0 radical (unpaired) electrons. The van der Waals surface area contributed by atoms with Crippen molar-refractivity contribution in [1.82, 2.24) is 14.5 Å². The molecule has 0 spiro atoms. The Balaban J connectivity index is 1.46. The van der Waals surface area contributed by atoms with E-state index in [2.05, 4.69) is 48.7 Å². The minimum atomic E-state index is -0.930. The zero-order chi connectivity index (χ0) is 26.9. The highest BCUT2D eigenvalue weighted by Gasteiger charge is 2.17. The average molecular weight is 512 g/mol. The normalized spacial score (nSPS) is 11.3. The number of carbonyl (C=O) groups is 1. The van der Waals surface area contributed by atoms with Crippen LogP contribution < -0.4 is 0 Å². The molecule has 0 aliphatic carbocycles. The van der Waals surface area contributed by atoms with Crippen molar-refractivity contribution < 1.29 is 9.90 Å². The number of aryl methyl sites for hydroxylation is 2. The molecule has 6 aromatic rings. The van der Waals surface area contributed by atoms with Gasteiger partial charge < -0.3 is 9.67 Å². The zero-order valence-corrected chi connectivity index (χ0v) is 22.1. The topological polar surface area (TPSA) is 68.0 Å². The molecule has 39 heavy (non-hydrogen) atoms. The monoisotopic (exact) mass is 511 g/mol. The quantitative estimate of drug-likeness (QED) is 0.236. The average Bonchev–Trinajstić information content (AvgIpc) is 3.30. The SMILES string of the molecule is CCCc1nc2c(C)cc(-c3cc4ccccc4cn3)cc2n1Cc1ccc(-c2ccccc2)c(C(=O)O)c1. The van der Waals surface area contributed by atoms with E-state index in [4.69, 9.17) is 9.97 Å². The number of rotatable bonds is 7. The minimum Gasteiger partial charge on any atom is -0.478 e. The van der Waals surface area contributed by atoms with E-state index in [1.54, 1.807) is 6.07 Å². The zero-order valence-electron chi connectivity index (χ0n) is 22.1. The first kappa shape index (κ1) is 24.6. The van der Waals surface area contributed by atoms with Crippen LogP contribution in [-0.2, 0) is 13.0 Å². The Kier molecular flexibility index (Phi) is 6.41. The van der Waals surface area contributed by atoms with Crippen LogP contribution in [0, 0.1) is 6.92 Å². The summed E-state index contributed by atoms with van der Waals surface area (Å²) in [6.07, 6.45) is 3.73. The first-order chi connectivity index (χ1) is 19.0. The van der Waals surface area contributed by atoms with E-state index in [0.29, 0.717) is 12.1 Å². The highest BCUT2D eigenvalue weighted by Crippen LogP contribution is 2.31. The third kappa shape index (κ3) is 4.68. The molecule has 0 amide bonds. The van der Waals surface area contributed by atoms with Crippen LogP contribution in [0.5, 0.6) is 0 Å². The lowest BCUT2D eigenvalue weighted by Gasteiger charge is -2.13. The summed E-state index contributed by atoms with van der Waals surface area (Å²) < 4.78 is 2.24. The van der Waals surface area contributed by atoms with Crippen molar-refractivity contribution in [1.29, 1.82) is 0 Å². The fraction of sp³-hybridized carbons (Fsp3) is 0.147. The van der Waals surface area contributed by atoms with Gasteiger partial charge in [-0.25, -0.2) is 9.78 Å². The summed E-state index contributed by atoms with van der Waals surface area (Å²) in [5.41, 5.74) is 7.91. The lowest BCUT2D eigenvalue weighted by atomic mass is 9.97. The standard InChI is InChI=1S/C34H29N3O2/c1-3-9-32-36-33-22(2)16-27(30-18-25-12-7-8-13-26(25)20-35-30)19-31(33)37(32)21-23-14-15-28(29(17-23)34(38)39)24-10-5-4-6-11-24/h4-8,10-20H,3,9,21H2,1-2H3,(H,38,39). The molecular formula is C34H29N3O2. The van der Waals surface area contributed by atoms with Crippen LogP contribution in [0.15, 0.2) is 97.2 Å². The van der Waals surface area contributed by atoms with Crippen molar-refractivity contribution in [3.63, 3.8) is 0 Å².